The van der Waals surface area contributed by atoms with Gasteiger partial charge in [-0.3, -0.25) is 9.59 Å². The third-order valence-electron chi connectivity index (χ3n) is 6.79. The highest BCUT2D eigenvalue weighted by molar-refractivity contribution is 6.00. The largest absolute Gasteiger partial charge is 0.444 e. The molecule has 0 radical (unpaired) electrons. The molecule has 40 heavy (non-hydrogen) atoms. The van der Waals surface area contributed by atoms with Gasteiger partial charge in [-0.1, -0.05) is 88.1 Å². The number of hydrogen-bond acceptors (Lipinski definition) is 4. The molecular formula is C33H49N3O4. The van der Waals surface area contributed by atoms with Crippen molar-refractivity contribution in [3.63, 3.8) is 0 Å². The standard InChI is InChI=1S/C33H49N3O4/c1-10-11-12-13-20-36(31(38)27(22(2)3)35-32(39)40-33(7,8)9)29(26-19-14-16-23(4)21-26)30(37)34-28-24(5)17-15-18-25(28)6/h14-19,21-22,27,29H,10-13,20H2,1-9H3,(H,34,37)(H,35,39). The van der Waals surface area contributed by atoms with E-state index in [1.165, 1.54) is 0 Å². The van der Waals surface area contributed by atoms with Crippen LogP contribution in [-0.4, -0.2) is 41.0 Å². The molecule has 0 saturated heterocycles. The normalized spacial score (nSPS) is 12.9. The highest BCUT2D eigenvalue weighted by atomic mass is 16.6. The lowest BCUT2D eigenvalue weighted by Crippen LogP contribution is -2.54. The number of nitrogens with one attached hydrogen (secondary N) is 2. The number of rotatable bonds is 12. The van der Waals surface area contributed by atoms with E-state index in [9.17, 15) is 14.4 Å². The molecule has 3 amide bonds. The first kappa shape index (κ1) is 32.9. The number of benzene rings is 2. The van der Waals surface area contributed by atoms with E-state index in [1.807, 2.05) is 77.1 Å². The number of carbonyl (C=O) groups excluding carboxylic acids is 3. The number of nitrogens with zero attached hydrogens (tertiary/aromatic N) is 1. The van der Waals surface area contributed by atoms with E-state index in [-0.39, 0.29) is 17.7 Å². The van der Waals surface area contributed by atoms with Gasteiger partial charge in [-0.2, -0.15) is 0 Å². The van der Waals surface area contributed by atoms with Gasteiger partial charge in [-0.15, -0.1) is 0 Å². The Labute approximate surface area is 241 Å². The van der Waals surface area contributed by atoms with E-state index in [2.05, 4.69) is 17.6 Å². The number of aryl methyl sites for hydroxylation is 3. The maximum atomic E-state index is 14.3. The lowest BCUT2D eigenvalue weighted by molar-refractivity contribution is -0.141. The summed E-state index contributed by atoms with van der Waals surface area (Å²) >= 11 is 0. The first-order valence-corrected chi connectivity index (χ1v) is 14.5. The maximum absolute atomic E-state index is 14.3. The van der Waals surface area contributed by atoms with Crippen molar-refractivity contribution in [2.75, 3.05) is 11.9 Å². The first-order valence-electron chi connectivity index (χ1n) is 14.5. The first-order chi connectivity index (χ1) is 18.7. The second-order valence-corrected chi connectivity index (χ2v) is 12.0. The zero-order chi connectivity index (χ0) is 30.0. The van der Waals surface area contributed by atoms with E-state index in [1.54, 1.807) is 25.7 Å². The van der Waals surface area contributed by atoms with Gasteiger partial charge in [0.15, 0.2) is 0 Å². The van der Waals surface area contributed by atoms with Crippen LogP contribution in [0, 0.1) is 26.7 Å². The summed E-state index contributed by atoms with van der Waals surface area (Å²) in [7, 11) is 0. The molecule has 0 aliphatic heterocycles. The molecule has 2 rings (SSSR count). The SMILES string of the molecule is CCCCCCN(C(=O)C(NC(=O)OC(C)(C)C)C(C)C)C(C(=O)Nc1c(C)cccc1C)c1cccc(C)c1. The van der Waals surface area contributed by atoms with Crippen LogP contribution >= 0.6 is 0 Å². The minimum absolute atomic E-state index is 0.224. The summed E-state index contributed by atoms with van der Waals surface area (Å²) < 4.78 is 5.47. The van der Waals surface area contributed by atoms with Crippen molar-refractivity contribution in [2.45, 2.75) is 106 Å². The van der Waals surface area contributed by atoms with E-state index in [0.29, 0.717) is 6.54 Å². The second kappa shape index (κ2) is 14.9. The van der Waals surface area contributed by atoms with Crippen LogP contribution in [0.4, 0.5) is 10.5 Å². The van der Waals surface area contributed by atoms with Crippen molar-refractivity contribution in [3.8, 4) is 0 Å². The topological polar surface area (TPSA) is 87.7 Å². The smallest absolute Gasteiger partial charge is 0.408 e. The van der Waals surface area contributed by atoms with Crippen molar-refractivity contribution < 1.29 is 19.1 Å². The van der Waals surface area contributed by atoms with Gasteiger partial charge in [0.1, 0.15) is 17.7 Å². The quantitative estimate of drug-likeness (QED) is 0.272. The minimum atomic E-state index is -0.880. The Morgan fingerprint density at radius 3 is 2.10 bits per heavy atom. The molecule has 0 bridgehead atoms. The Hall–Kier alpha value is -3.35. The summed E-state index contributed by atoms with van der Waals surface area (Å²) in [6, 6.07) is 11.8. The van der Waals surface area contributed by atoms with Crippen molar-refractivity contribution in [1.82, 2.24) is 10.2 Å². The summed E-state index contributed by atoms with van der Waals surface area (Å²) in [5.41, 5.74) is 3.66. The molecule has 0 aliphatic carbocycles. The zero-order valence-electron chi connectivity index (χ0n) is 25.9. The van der Waals surface area contributed by atoms with Crippen molar-refractivity contribution in [2.24, 2.45) is 5.92 Å². The van der Waals surface area contributed by atoms with Gasteiger partial charge < -0.3 is 20.3 Å². The highest BCUT2D eigenvalue weighted by Crippen LogP contribution is 2.28. The monoisotopic (exact) mass is 551 g/mol. The third-order valence-corrected chi connectivity index (χ3v) is 6.79. The number of ether oxygens (including phenoxy) is 1. The Morgan fingerprint density at radius 2 is 1.55 bits per heavy atom. The van der Waals surface area contributed by atoms with Gasteiger partial charge in [-0.25, -0.2) is 4.79 Å². The average molecular weight is 552 g/mol. The van der Waals surface area contributed by atoms with Crippen LogP contribution in [0.3, 0.4) is 0 Å². The number of anilines is 1. The predicted molar refractivity (Wildman–Crippen MR) is 162 cm³/mol. The molecule has 7 nitrogen and oxygen atoms in total. The second-order valence-electron chi connectivity index (χ2n) is 12.0. The molecule has 220 valence electrons. The predicted octanol–water partition coefficient (Wildman–Crippen LogP) is 7.25. The summed E-state index contributed by atoms with van der Waals surface area (Å²) in [4.78, 5) is 42.9. The summed E-state index contributed by atoms with van der Waals surface area (Å²) in [6.45, 7) is 17.5. The molecular weight excluding hydrogens is 502 g/mol. The fraction of sp³-hybridized carbons (Fsp3) is 0.545. The Balaban J connectivity index is 2.57. The van der Waals surface area contributed by atoms with Crippen LogP contribution in [0.1, 0.15) is 95.5 Å². The molecule has 7 heteroatoms. The molecule has 2 aromatic carbocycles. The van der Waals surface area contributed by atoms with Crippen LogP contribution < -0.4 is 10.6 Å². The molecule has 2 unspecified atom stereocenters. The van der Waals surface area contributed by atoms with Gasteiger partial charge in [0.25, 0.3) is 5.91 Å². The molecule has 2 atom stereocenters. The van der Waals surface area contributed by atoms with E-state index < -0.39 is 23.8 Å². The van der Waals surface area contributed by atoms with Crippen LogP contribution in [-0.2, 0) is 14.3 Å². The molecule has 0 heterocycles. The Bertz CT molecular complexity index is 1130. The van der Waals surface area contributed by atoms with Crippen LogP contribution in [0.15, 0.2) is 42.5 Å². The van der Waals surface area contributed by atoms with E-state index >= 15 is 0 Å². The highest BCUT2D eigenvalue weighted by Gasteiger charge is 2.37. The van der Waals surface area contributed by atoms with Crippen LogP contribution in [0.25, 0.3) is 0 Å². The fourth-order valence-corrected chi connectivity index (χ4v) is 4.72. The fourth-order valence-electron chi connectivity index (χ4n) is 4.72. The van der Waals surface area contributed by atoms with E-state index in [4.69, 9.17) is 4.74 Å². The third kappa shape index (κ3) is 9.68. The van der Waals surface area contributed by atoms with Crippen LogP contribution in [0.2, 0.25) is 0 Å². The molecule has 2 aromatic rings. The summed E-state index contributed by atoms with van der Waals surface area (Å²) in [5, 5.41) is 5.92. The number of alkyl carbamates (subject to hydrolysis) is 1. The van der Waals surface area contributed by atoms with Crippen LogP contribution in [0.5, 0.6) is 0 Å². The number of hydrogen-bond donors (Lipinski definition) is 2. The molecule has 0 saturated carbocycles. The van der Waals surface area contributed by atoms with Gasteiger partial charge in [-0.05, 0) is 70.6 Å². The van der Waals surface area contributed by atoms with Gasteiger partial charge in [0.05, 0.1) is 0 Å². The molecule has 0 aromatic heterocycles. The number of carbonyl (C=O) groups is 3. The maximum Gasteiger partial charge on any atom is 0.408 e. The summed E-state index contributed by atoms with van der Waals surface area (Å²) in [6.07, 6.45) is 3.12. The lowest BCUT2D eigenvalue weighted by atomic mass is 9.97. The minimum Gasteiger partial charge on any atom is -0.444 e. The number of unbranched alkanes of at least 4 members (excludes halogenated alkanes) is 3. The van der Waals surface area contributed by atoms with Crippen molar-refractivity contribution >= 4 is 23.6 Å². The number of para-hydroxylation sites is 1. The zero-order valence-corrected chi connectivity index (χ0v) is 25.9. The van der Waals surface area contributed by atoms with Gasteiger partial charge in [0, 0.05) is 12.2 Å². The Morgan fingerprint density at radius 1 is 0.925 bits per heavy atom. The molecule has 0 aliphatic rings. The molecule has 0 spiro atoms. The Kier molecular flexibility index (Phi) is 12.2. The molecule has 2 N–H and O–H groups in total. The van der Waals surface area contributed by atoms with Crippen molar-refractivity contribution in [1.29, 1.82) is 0 Å². The number of amides is 3. The van der Waals surface area contributed by atoms with Crippen molar-refractivity contribution in [3.05, 3.63) is 64.7 Å². The molecule has 0 fully saturated rings. The van der Waals surface area contributed by atoms with E-state index in [0.717, 1.165) is 53.6 Å². The summed E-state index contributed by atoms with van der Waals surface area (Å²) in [5.74, 6) is -0.815. The average Bonchev–Trinajstić information content (AvgIpc) is 2.85. The van der Waals surface area contributed by atoms with Gasteiger partial charge in [0.2, 0.25) is 5.91 Å². The van der Waals surface area contributed by atoms with Gasteiger partial charge >= 0.3 is 6.09 Å². The lowest BCUT2D eigenvalue weighted by Gasteiger charge is -2.36.